The third kappa shape index (κ3) is 3.98. The van der Waals surface area contributed by atoms with Gasteiger partial charge in [-0.1, -0.05) is 64.2 Å². The van der Waals surface area contributed by atoms with Gasteiger partial charge >= 0.3 is 0 Å². The molecule has 17 heavy (non-hydrogen) atoms. The van der Waals surface area contributed by atoms with Crippen LogP contribution in [0.15, 0.2) is 0 Å². The summed E-state index contributed by atoms with van der Waals surface area (Å²) in [4.78, 5) is 0. The Morgan fingerprint density at radius 1 is 0.588 bits per heavy atom. The van der Waals surface area contributed by atoms with Crippen LogP contribution < -0.4 is 0 Å². The minimum absolute atomic E-state index is 0.294. The molecule has 2 aliphatic carbocycles. The molecule has 0 unspecified atom stereocenters. The molecule has 2 saturated carbocycles. The average molecular weight is 238 g/mol. The number of aliphatic hydroxyl groups is 1. The second kappa shape index (κ2) is 6.78. The van der Waals surface area contributed by atoms with E-state index in [-0.39, 0.29) is 5.60 Å². The maximum atomic E-state index is 11.0. The summed E-state index contributed by atoms with van der Waals surface area (Å²) in [6.07, 6.45) is 18.2. The third-order valence-electron chi connectivity index (χ3n) is 5.08. The molecule has 0 bridgehead atoms. The Morgan fingerprint density at radius 2 is 1.00 bits per heavy atom. The largest absolute Gasteiger partial charge is 0.390 e. The minimum atomic E-state index is -0.294. The summed E-state index contributed by atoms with van der Waals surface area (Å²) in [5.41, 5.74) is -0.294. The van der Waals surface area contributed by atoms with Gasteiger partial charge in [0, 0.05) is 0 Å². The molecule has 100 valence electrons. The predicted octanol–water partition coefficient (Wildman–Crippen LogP) is 4.82. The van der Waals surface area contributed by atoms with Gasteiger partial charge < -0.3 is 5.11 Å². The summed E-state index contributed by atoms with van der Waals surface area (Å²) in [6.45, 7) is 0. The van der Waals surface area contributed by atoms with Crippen molar-refractivity contribution < 1.29 is 5.11 Å². The van der Waals surface area contributed by atoms with Crippen LogP contribution in [0.25, 0.3) is 0 Å². The van der Waals surface area contributed by atoms with E-state index in [1.807, 2.05) is 0 Å². The van der Waals surface area contributed by atoms with Crippen LogP contribution in [0.4, 0.5) is 0 Å². The third-order valence-corrected chi connectivity index (χ3v) is 5.08. The van der Waals surface area contributed by atoms with Crippen molar-refractivity contribution >= 4 is 0 Å². The van der Waals surface area contributed by atoms with Gasteiger partial charge in [0.15, 0.2) is 0 Å². The van der Waals surface area contributed by atoms with E-state index in [4.69, 9.17) is 0 Å². The molecule has 2 fully saturated rings. The fraction of sp³-hybridized carbons (Fsp3) is 1.00. The molecule has 0 aliphatic heterocycles. The zero-order valence-corrected chi connectivity index (χ0v) is 11.4. The van der Waals surface area contributed by atoms with Gasteiger partial charge in [-0.25, -0.2) is 0 Å². The van der Waals surface area contributed by atoms with Crippen molar-refractivity contribution in [2.45, 2.75) is 95.5 Å². The lowest BCUT2D eigenvalue weighted by molar-refractivity contribution is -0.0494. The lowest BCUT2D eigenvalue weighted by atomic mass is 9.72. The van der Waals surface area contributed by atoms with Crippen LogP contribution in [0.5, 0.6) is 0 Å². The molecule has 1 nitrogen and oxygen atoms in total. The summed E-state index contributed by atoms with van der Waals surface area (Å²) in [5, 5.41) is 11.0. The topological polar surface area (TPSA) is 20.2 Å². The van der Waals surface area contributed by atoms with Crippen LogP contribution in [0.3, 0.4) is 0 Å². The molecule has 0 heterocycles. The van der Waals surface area contributed by atoms with Gasteiger partial charge in [-0.3, -0.25) is 0 Å². The lowest BCUT2D eigenvalue weighted by Crippen LogP contribution is -2.39. The molecule has 2 aliphatic rings. The Morgan fingerprint density at radius 3 is 1.53 bits per heavy atom. The second-order valence-electron chi connectivity index (χ2n) is 6.41. The van der Waals surface area contributed by atoms with Gasteiger partial charge in [-0.2, -0.15) is 0 Å². The maximum Gasteiger partial charge on any atom is 0.0675 e. The first-order chi connectivity index (χ1) is 8.31. The van der Waals surface area contributed by atoms with Gasteiger partial charge in [-0.05, 0) is 31.6 Å². The molecule has 0 saturated heterocycles. The fourth-order valence-corrected chi connectivity index (χ4v) is 3.92. The molecule has 0 aromatic heterocycles. The van der Waals surface area contributed by atoms with Gasteiger partial charge in [0.05, 0.1) is 5.60 Å². The molecular formula is C16H30O. The van der Waals surface area contributed by atoms with Crippen LogP contribution in [-0.2, 0) is 0 Å². The number of hydrogen-bond acceptors (Lipinski definition) is 1. The van der Waals surface area contributed by atoms with Crippen molar-refractivity contribution in [3.8, 4) is 0 Å². The van der Waals surface area contributed by atoms with Crippen molar-refractivity contribution in [2.75, 3.05) is 0 Å². The van der Waals surface area contributed by atoms with Crippen LogP contribution in [0.2, 0.25) is 0 Å². The van der Waals surface area contributed by atoms with Crippen LogP contribution in [-0.4, -0.2) is 10.7 Å². The Hall–Kier alpha value is -0.0400. The van der Waals surface area contributed by atoms with Crippen molar-refractivity contribution in [2.24, 2.45) is 5.92 Å². The molecule has 0 atom stereocenters. The molecule has 0 amide bonds. The predicted molar refractivity (Wildman–Crippen MR) is 73.1 cm³/mol. The van der Waals surface area contributed by atoms with E-state index in [2.05, 4.69) is 0 Å². The van der Waals surface area contributed by atoms with Crippen LogP contribution in [0.1, 0.15) is 89.9 Å². The number of rotatable bonds is 1. The van der Waals surface area contributed by atoms with Crippen molar-refractivity contribution in [1.29, 1.82) is 0 Å². The molecule has 1 N–H and O–H groups in total. The van der Waals surface area contributed by atoms with Gasteiger partial charge in [0.25, 0.3) is 0 Å². The minimum Gasteiger partial charge on any atom is -0.390 e. The first kappa shape index (κ1) is 13.4. The quantitative estimate of drug-likeness (QED) is 0.694. The SMILES string of the molecule is OC1(C2CCCCCCC2)CCCCCCC1. The fourth-order valence-electron chi connectivity index (χ4n) is 3.92. The van der Waals surface area contributed by atoms with Gasteiger partial charge in [0.1, 0.15) is 0 Å². The first-order valence-electron chi connectivity index (χ1n) is 8.04. The lowest BCUT2D eigenvalue weighted by Gasteiger charge is -2.39. The Kier molecular flexibility index (Phi) is 5.34. The summed E-state index contributed by atoms with van der Waals surface area (Å²) in [6, 6.07) is 0. The zero-order valence-electron chi connectivity index (χ0n) is 11.4. The molecule has 1 heteroatoms. The molecular weight excluding hydrogens is 208 g/mol. The van der Waals surface area contributed by atoms with Crippen molar-refractivity contribution in [3.63, 3.8) is 0 Å². The van der Waals surface area contributed by atoms with E-state index in [1.165, 1.54) is 77.0 Å². The summed E-state index contributed by atoms with van der Waals surface area (Å²) in [5.74, 6) is 0.612. The van der Waals surface area contributed by atoms with Crippen molar-refractivity contribution in [3.05, 3.63) is 0 Å². The summed E-state index contributed by atoms with van der Waals surface area (Å²) >= 11 is 0. The highest BCUT2D eigenvalue weighted by Crippen LogP contribution is 2.39. The standard InChI is InChI=1S/C16H30O/c17-16(13-9-5-2-6-10-14-16)15-11-7-3-1-4-8-12-15/h15,17H,1-14H2. The highest BCUT2D eigenvalue weighted by molar-refractivity contribution is 4.88. The Labute approximate surface area is 107 Å². The molecule has 0 radical (unpaired) electrons. The van der Waals surface area contributed by atoms with Crippen LogP contribution >= 0.6 is 0 Å². The van der Waals surface area contributed by atoms with Gasteiger partial charge in [0.2, 0.25) is 0 Å². The summed E-state index contributed by atoms with van der Waals surface area (Å²) in [7, 11) is 0. The normalized spacial score (nSPS) is 28.8. The van der Waals surface area contributed by atoms with Gasteiger partial charge in [-0.15, -0.1) is 0 Å². The average Bonchev–Trinajstić information content (AvgIpc) is 2.23. The van der Waals surface area contributed by atoms with Crippen molar-refractivity contribution in [1.82, 2.24) is 0 Å². The smallest absolute Gasteiger partial charge is 0.0675 e. The van der Waals surface area contributed by atoms with E-state index < -0.39 is 0 Å². The highest BCUT2D eigenvalue weighted by Gasteiger charge is 2.35. The maximum absolute atomic E-state index is 11.0. The molecule has 0 aromatic rings. The number of hydrogen-bond donors (Lipinski definition) is 1. The van der Waals surface area contributed by atoms with E-state index in [9.17, 15) is 5.11 Å². The Bertz CT molecular complexity index is 196. The summed E-state index contributed by atoms with van der Waals surface area (Å²) < 4.78 is 0. The first-order valence-corrected chi connectivity index (χ1v) is 8.04. The second-order valence-corrected chi connectivity index (χ2v) is 6.41. The highest BCUT2D eigenvalue weighted by atomic mass is 16.3. The van der Waals surface area contributed by atoms with E-state index >= 15 is 0 Å². The molecule has 2 rings (SSSR count). The van der Waals surface area contributed by atoms with E-state index in [0.717, 1.165) is 12.8 Å². The monoisotopic (exact) mass is 238 g/mol. The molecule has 0 spiro atoms. The zero-order chi connectivity index (χ0) is 12.0. The van der Waals surface area contributed by atoms with E-state index in [1.54, 1.807) is 0 Å². The Balaban J connectivity index is 1.94. The van der Waals surface area contributed by atoms with E-state index in [0.29, 0.717) is 5.92 Å². The van der Waals surface area contributed by atoms with Crippen LogP contribution in [0, 0.1) is 5.92 Å². The molecule has 0 aromatic carbocycles.